The van der Waals surface area contributed by atoms with E-state index in [9.17, 15) is 9.90 Å². The summed E-state index contributed by atoms with van der Waals surface area (Å²) < 4.78 is 17.6. The fourth-order valence-electron chi connectivity index (χ4n) is 4.47. The number of hydrogen-bond acceptors (Lipinski definition) is 6. The molecule has 4 aromatic carbocycles. The summed E-state index contributed by atoms with van der Waals surface area (Å²) in [4.78, 5) is 11.1. The van der Waals surface area contributed by atoms with Gasteiger partial charge in [0.25, 0.3) is 0 Å². The minimum atomic E-state index is -1.07. The van der Waals surface area contributed by atoms with Gasteiger partial charge in [-0.1, -0.05) is 42.5 Å². The van der Waals surface area contributed by atoms with Crippen LogP contribution in [-0.4, -0.2) is 42.0 Å². The Morgan fingerprint density at radius 3 is 2.57 bits per heavy atom. The fraction of sp³-hybridized carbons (Fsp3) is 0.233. The number of carboxylic acid groups (broad SMARTS) is 1. The molecule has 7 heteroatoms. The van der Waals surface area contributed by atoms with Crippen LogP contribution in [0, 0.1) is 6.92 Å². The van der Waals surface area contributed by atoms with E-state index in [-0.39, 0.29) is 0 Å². The average molecular weight is 500 g/mol. The summed E-state index contributed by atoms with van der Waals surface area (Å²) in [5.74, 6) is 1.25. The molecule has 0 bridgehead atoms. The van der Waals surface area contributed by atoms with Gasteiger partial charge in [-0.2, -0.15) is 0 Å². The molecule has 0 aliphatic carbocycles. The van der Waals surface area contributed by atoms with Gasteiger partial charge in [-0.25, -0.2) is 0 Å². The van der Waals surface area contributed by atoms with E-state index in [2.05, 4.69) is 30.4 Å². The molecule has 4 aromatic rings. The van der Waals surface area contributed by atoms with Crippen molar-refractivity contribution in [2.75, 3.05) is 19.8 Å². The van der Waals surface area contributed by atoms with Gasteiger partial charge in [0.1, 0.15) is 31.6 Å². The second kappa shape index (κ2) is 10.9. The van der Waals surface area contributed by atoms with E-state index < -0.39 is 18.6 Å². The number of aliphatic hydroxyl groups is 1. The maximum Gasteiger partial charge on any atom is 0.323 e. The molecule has 190 valence electrons. The maximum atomic E-state index is 11.1. The number of aliphatic carboxylic acids is 1. The molecule has 1 heterocycles. The van der Waals surface area contributed by atoms with Crippen molar-refractivity contribution in [2.45, 2.75) is 26.1 Å². The van der Waals surface area contributed by atoms with E-state index in [1.165, 1.54) is 0 Å². The molecule has 1 aliphatic heterocycles. The zero-order chi connectivity index (χ0) is 25.8. The second-order valence-electron chi connectivity index (χ2n) is 9.03. The van der Waals surface area contributed by atoms with E-state index in [0.29, 0.717) is 26.4 Å². The van der Waals surface area contributed by atoms with Crippen molar-refractivity contribution in [3.05, 3.63) is 89.5 Å². The SMILES string of the molecule is Cc1c(COc2ccc3cc(CN[C@@H](CO)C(=O)O)ccc3c2)cccc1-c1ccc2c(c1)OCCO2. The van der Waals surface area contributed by atoms with Gasteiger partial charge in [-0.3, -0.25) is 10.1 Å². The predicted octanol–water partition coefficient (Wildman–Crippen LogP) is 4.70. The standard InChI is InChI=1S/C30H29NO6/c1-19-24(3-2-4-26(19)23-8-10-28-29(15-23)36-12-11-35-28)18-37-25-9-7-21-13-20(5-6-22(21)14-25)16-31-27(17-32)30(33)34/h2-10,13-15,27,31-32H,11-12,16-18H2,1H3,(H,33,34)/t27-/m0/s1. The summed E-state index contributed by atoms with van der Waals surface area (Å²) in [6, 6.07) is 23.1. The third kappa shape index (κ3) is 5.53. The first-order valence-corrected chi connectivity index (χ1v) is 12.2. The van der Waals surface area contributed by atoms with Crippen molar-refractivity contribution in [2.24, 2.45) is 0 Å². The lowest BCUT2D eigenvalue weighted by atomic mass is 9.96. The minimum absolute atomic E-state index is 0.352. The van der Waals surface area contributed by atoms with Gasteiger partial charge >= 0.3 is 5.97 Å². The normalized spacial score (nSPS) is 13.4. The number of hydrogen-bond donors (Lipinski definition) is 3. The van der Waals surface area contributed by atoms with Crippen LogP contribution in [0.5, 0.6) is 17.2 Å². The molecule has 3 N–H and O–H groups in total. The summed E-state index contributed by atoms with van der Waals surface area (Å²) in [5, 5.41) is 23.2. The van der Waals surface area contributed by atoms with Gasteiger partial charge in [0.2, 0.25) is 0 Å². The van der Waals surface area contributed by atoms with E-state index in [1.807, 2.05) is 54.6 Å². The summed E-state index contributed by atoms with van der Waals surface area (Å²) in [6.07, 6.45) is 0. The lowest BCUT2D eigenvalue weighted by Crippen LogP contribution is -2.39. The number of fused-ring (bicyclic) bond motifs is 2. The van der Waals surface area contributed by atoms with Crippen molar-refractivity contribution in [3.8, 4) is 28.4 Å². The van der Waals surface area contributed by atoms with Crippen LogP contribution in [0.2, 0.25) is 0 Å². The largest absolute Gasteiger partial charge is 0.489 e. The quantitative estimate of drug-likeness (QED) is 0.307. The van der Waals surface area contributed by atoms with Gasteiger partial charge < -0.3 is 24.4 Å². The molecule has 5 rings (SSSR count). The first-order chi connectivity index (χ1) is 18.0. The summed E-state index contributed by atoms with van der Waals surface area (Å²) in [6.45, 7) is 3.57. The van der Waals surface area contributed by atoms with Crippen molar-refractivity contribution in [1.82, 2.24) is 5.32 Å². The smallest absolute Gasteiger partial charge is 0.323 e. The minimum Gasteiger partial charge on any atom is -0.489 e. The lowest BCUT2D eigenvalue weighted by molar-refractivity contribution is -0.140. The number of aliphatic hydroxyl groups excluding tert-OH is 1. The van der Waals surface area contributed by atoms with Gasteiger partial charge in [0.05, 0.1) is 6.61 Å². The van der Waals surface area contributed by atoms with E-state index in [1.54, 1.807) is 0 Å². The van der Waals surface area contributed by atoms with Crippen molar-refractivity contribution < 1.29 is 29.2 Å². The molecule has 0 radical (unpaired) electrons. The zero-order valence-electron chi connectivity index (χ0n) is 20.6. The van der Waals surface area contributed by atoms with E-state index >= 15 is 0 Å². The highest BCUT2D eigenvalue weighted by molar-refractivity contribution is 5.84. The summed E-state index contributed by atoms with van der Waals surface area (Å²) in [5.41, 5.74) is 5.40. The Balaban J connectivity index is 1.28. The van der Waals surface area contributed by atoms with Gasteiger partial charge in [-0.05, 0) is 75.8 Å². The zero-order valence-corrected chi connectivity index (χ0v) is 20.6. The first-order valence-electron chi connectivity index (χ1n) is 12.2. The molecule has 37 heavy (non-hydrogen) atoms. The average Bonchev–Trinajstić information content (AvgIpc) is 2.92. The van der Waals surface area contributed by atoms with Crippen LogP contribution in [-0.2, 0) is 17.9 Å². The molecule has 0 aromatic heterocycles. The highest BCUT2D eigenvalue weighted by atomic mass is 16.6. The van der Waals surface area contributed by atoms with Crippen LogP contribution in [0.25, 0.3) is 21.9 Å². The van der Waals surface area contributed by atoms with Crippen LogP contribution < -0.4 is 19.5 Å². The second-order valence-corrected chi connectivity index (χ2v) is 9.03. The Bertz CT molecular complexity index is 1430. The molecule has 7 nitrogen and oxygen atoms in total. The van der Waals surface area contributed by atoms with Gasteiger partial charge in [-0.15, -0.1) is 0 Å². The predicted molar refractivity (Wildman–Crippen MR) is 141 cm³/mol. The van der Waals surface area contributed by atoms with Crippen LogP contribution in [0.15, 0.2) is 72.8 Å². The summed E-state index contributed by atoms with van der Waals surface area (Å²) >= 11 is 0. The molecule has 0 saturated carbocycles. The Kier molecular flexibility index (Phi) is 7.25. The van der Waals surface area contributed by atoms with Gasteiger partial charge in [0, 0.05) is 6.54 Å². The highest BCUT2D eigenvalue weighted by Crippen LogP contribution is 2.36. The Morgan fingerprint density at radius 1 is 0.973 bits per heavy atom. The monoisotopic (exact) mass is 499 g/mol. The molecule has 1 aliphatic rings. The molecule has 0 saturated heterocycles. The van der Waals surface area contributed by atoms with Crippen LogP contribution in [0.1, 0.15) is 16.7 Å². The molecular formula is C30H29NO6. The third-order valence-electron chi connectivity index (χ3n) is 6.60. The molecule has 1 atom stereocenters. The molecule has 0 spiro atoms. The number of rotatable bonds is 9. The molecule has 0 unspecified atom stereocenters. The van der Waals surface area contributed by atoms with E-state index in [0.717, 1.165) is 55.8 Å². The molecular weight excluding hydrogens is 470 g/mol. The third-order valence-corrected chi connectivity index (χ3v) is 6.60. The number of benzene rings is 4. The van der Waals surface area contributed by atoms with Gasteiger partial charge in [0.15, 0.2) is 11.5 Å². The Labute approximate surface area is 215 Å². The molecule has 0 amide bonds. The number of ether oxygens (including phenoxy) is 3. The summed E-state index contributed by atoms with van der Waals surface area (Å²) in [7, 11) is 0. The van der Waals surface area contributed by atoms with Crippen molar-refractivity contribution >= 4 is 16.7 Å². The number of nitrogens with one attached hydrogen (secondary N) is 1. The Hall–Kier alpha value is -4.07. The lowest BCUT2D eigenvalue weighted by Gasteiger charge is -2.20. The Morgan fingerprint density at radius 2 is 1.76 bits per heavy atom. The maximum absolute atomic E-state index is 11.1. The van der Waals surface area contributed by atoms with Crippen LogP contribution in [0.4, 0.5) is 0 Å². The molecule has 0 fully saturated rings. The van der Waals surface area contributed by atoms with Crippen molar-refractivity contribution in [1.29, 1.82) is 0 Å². The van der Waals surface area contributed by atoms with E-state index in [4.69, 9.17) is 19.3 Å². The van der Waals surface area contributed by atoms with Crippen LogP contribution >= 0.6 is 0 Å². The van der Waals surface area contributed by atoms with Crippen LogP contribution in [0.3, 0.4) is 0 Å². The number of carboxylic acids is 1. The van der Waals surface area contributed by atoms with Crippen molar-refractivity contribution in [3.63, 3.8) is 0 Å². The first kappa shape index (κ1) is 24.6. The topological polar surface area (TPSA) is 97.2 Å². The number of carbonyl (C=O) groups is 1. The highest BCUT2D eigenvalue weighted by Gasteiger charge is 2.16. The fourth-order valence-corrected chi connectivity index (χ4v) is 4.47.